The molecule has 0 aliphatic carbocycles. The van der Waals surface area contributed by atoms with Gasteiger partial charge in [0.25, 0.3) is 0 Å². The van der Waals surface area contributed by atoms with E-state index in [2.05, 4.69) is 0 Å². The van der Waals surface area contributed by atoms with E-state index in [1.165, 1.54) is 0 Å². The Balaban J connectivity index is 3.07. The highest BCUT2D eigenvalue weighted by Gasteiger charge is 2.34. The molecule has 0 heterocycles. The second kappa shape index (κ2) is 6.03. The molecule has 4 heteroatoms. The van der Waals surface area contributed by atoms with Crippen LogP contribution in [-0.2, 0) is 9.59 Å². The minimum absolute atomic E-state index is 0.362. The first-order chi connectivity index (χ1) is 8.07. The summed E-state index contributed by atoms with van der Waals surface area (Å²) in [6, 6.07) is 8.53. The van der Waals surface area contributed by atoms with Crippen LogP contribution < -0.4 is 0 Å². The third kappa shape index (κ3) is 3.31. The number of aliphatic carboxylic acids is 2. The molecule has 1 aromatic carbocycles. The number of carboxylic acids is 2. The van der Waals surface area contributed by atoms with Gasteiger partial charge >= 0.3 is 11.9 Å². The molecule has 0 saturated heterocycles. The van der Waals surface area contributed by atoms with Gasteiger partial charge in [0.1, 0.15) is 0 Å². The molecule has 0 aliphatic rings. The van der Waals surface area contributed by atoms with Gasteiger partial charge in [-0.3, -0.25) is 9.59 Å². The number of carbonyl (C=O) groups is 2. The highest BCUT2D eigenvalue weighted by molar-refractivity contribution is 5.84. The monoisotopic (exact) mass is 236 g/mol. The minimum atomic E-state index is -1.09. The summed E-state index contributed by atoms with van der Waals surface area (Å²) in [5.41, 5.74) is 0.542. The normalized spacial score (nSPS) is 13.9. The molecule has 0 spiro atoms. The highest BCUT2D eigenvalue weighted by Crippen LogP contribution is 2.28. The lowest BCUT2D eigenvalue weighted by atomic mass is 9.83. The zero-order valence-electron chi connectivity index (χ0n) is 9.67. The zero-order chi connectivity index (χ0) is 12.8. The molecule has 0 bridgehead atoms. The van der Waals surface area contributed by atoms with Gasteiger partial charge in [-0.2, -0.15) is 0 Å². The largest absolute Gasteiger partial charge is 0.481 e. The first kappa shape index (κ1) is 13.2. The van der Waals surface area contributed by atoms with Crippen molar-refractivity contribution in [2.75, 3.05) is 0 Å². The van der Waals surface area contributed by atoms with E-state index < -0.39 is 23.8 Å². The molecule has 1 rings (SSSR count). The van der Waals surface area contributed by atoms with Crippen LogP contribution in [0.2, 0.25) is 0 Å². The first-order valence-electron chi connectivity index (χ1n) is 5.58. The summed E-state index contributed by atoms with van der Waals surface area (Å²) in [5.74, 6) is -3.99. The van der Waals surface area contributed by atoms with Gasteiger partial charge < -0.3 is 10.2 Å². The summed E-state index contributed by atoms with van der Waals surface area (Å²) in [7, 11) is 0. The third-order valence-corrected chi connectivity index (χ3v) is 2.74. The number of rotatable bonds is 6. The molecule has 2 atom stereocenters. The molecule has 92 valence electrons. The number of carboxylic acid groups (broad SMARTS) is 2. The Morgan fingerprint density at radius 2 is 1.71 bits per heavy atom. The molecule has 2 N–H and O–H groups in total. The standard InChI is InChI=1S/C13H16O4/c1-2-6-10(12(14)15)11(13(16)17)9-7-4-3-5-8-9/h3-5,7-8,10-11H,2,6H2,1H3,(H,14,15)(H,16,17)/t10-,11+/m1/s1. The van der Waals surface area contributed by atoms with Crippen molar-refractivity contribution < 1.29 is 19.8 Å². The van der Waals surface area contributed by atoms with Crippen molar-refractivity contribution in [2.45, 2.75) is 25.7 Å². The van der Waals surface area contributed by atoms with Crippen LogP contribution >= 0.6 is 0 Å². The van der Waals surface area contributed by atoms with Crippen molar-refractivity contribution in [2.24, 2.45) is 5.92 Å². The van der Waals surface area contributed by atoms with Gasteiger partial charge in [-0.05, 0) is 12.0 Å². The second-order valence-electron chi connectivity index (χ2n) is 3.96. The lowest BCUT2D eigenvalue weighted by Gasteiger charge is -2.20. The average molecular weight is 236 g/mol. The van der Waals surface area contributed by atoms with Crippen LogP contribution in [0.3, 0.4) is 0 Å². The van der Waals surface area contributed by atoms with Gasteiger partial charge in [0.2, 0.25) is 0 Å². The summed E-state index contributed by atoms with van der Waals surface area (Å²) in [5, 5.41) is 18.3. The molecular formula is C13H16O4. The molecule has 0 aliphatic heterocycles. The molecule has 0 aromatic heterocycles. The fraction of sp³-hybridized carbons (Fsp3) is 0.385. The Labute approximate surface area is 99.9 Å². The van der Waals surface area contributed by atoms with E-state index in [0.29, 0.717) is 18.4 Å². The predicted molar refractivity (Wildman–Crippen MR) is 62.9 cm³/mol. The second-order valence-corrected chi connectivity index (χ2v) is 3.96. The minimum Gasteiger partial charge on any atom is -0.481 e. The SMILES string of the molecule is CCC[C@@H](C(=O)O)[C@@H](C(=O)O)c1ccccc1. The van der Waals surface area contributed by atoms with Crippen LogP contribution in [0.5, 0.6) is 0 Å². The van der Waals surface area contributed by atoms with E-state index in [1.54, 1.807) is 30.3 Å². The zero-order valence-corrected chi connectivity index (χ0v) is 9.67. The summed E-state index contributed by atoms with van der Waals surface area (Å²) in [4.78, 5) is 22.4. The predicted octanol–water partition coefficient (Wildman–Crippen LogP) is 2.36. The van der Waals surface area contributed by atoms with Gasteiger partial charge in [-0.15, -0.1) is 0 Å². The van der Waals surface area contributed by atoms with Gasteiger partial charge in [0.05, 0.1) is 11.8 Å². The number of benzene rings is 1. The molecule has 1 aromatic rings. The Kier molecular flexibility index (Phi) is 4.69. The average Bonchev–Trinajstić information content (AvgIpc) is 2.29. The van der Waals surface area contributed by atoms with Gasteiger partial charge in [0.15, 0.2) is 0 Å². The molecule has 0 amide bonds. The van der Waals surface area contributed by atoms with Crippen molar-refractivity contribution in [1.82, 2.24) is 0 Å². The van der Waals surface area contributed by atoms with Crippen LogP contribution in [0.1, 0.15) is 31.2 Å². The van der Waals surface area contributed by atoms with Crippen LogP contribution in [0, 0.1) is 5.92 Å². The Morgan fingerprint density at radius 1 is 1.12 bits per heavy atom. The van der Waals surface area contributed by atoms with Crippen molar-refractivity contribution in [1.29, 1.82) is 0 Å². The molecule has 0 saturated carbocycles. The lowest BCUT2D eigenvalue weighted by molar-refractivity contribution is -0.150. The van der Waals surface area contributed by atoms with E-state index >= 15 is 0 Å². The van der Waals surface area contributed by atoms with E-state index in [1.807, 2.05) is 6.92 Å². The molecule has 4 nitrogen and oxygen atoms in total. The third-order valence-electron chi connectivity index (χ3n) is 2.74. The Hall–Kier alpha value is -1.84. The van der Waals surface area contributed by atoms with E-state index in [4.69, 9.17) is 5.11 Å². The topological polar surface area (TPSA) is 74.6 Å². The smallest absolute Gasteiger partial charge is 0.311 e. The number of hydrogen-bond donors (Lipinski definition) is 2. The van der Waals surface area contributed by atoms with Crippen molar-refractivity contribution >= 4 is 11.9 Å². The lowest BCUT2D eigenvalue weighted by Crippen LogP contribution is -2.28. The summed E-state index contributed by atoms with van der Waals surface area (Å²) in [6.45, 7) is 1.85. The van der Waals surface area contributed by atoms with Crippen LogP contribution in [0.25, 0.3) is 0 Å². The van der Waals surface area contributed by atoms with E-state index in [0.717, 1.165) is 0 Å². The Bertz CT molecular complexity index is 386. The quantitative estimate of drug-likeness (QED) is 0.795. The molecule has 0 fully saturated rings. The van der Waals surface area contributed by atoms with Crippen molar-refractivity contribution in [3.8, 4) is 0 Å². The van der Waals surface area contributed by atoms with Crippen molar-refractivity contribution in [3.05, 3.63) is 35.9 Å². The summed E-state index contributed by atoms with van der Waals surface area (Å²) >= 11 is 0. The molecular weight excluding hydrogens is 220 g/mol. The fourth-order valence-electron chi connectivity index (χ4n) is 1.95. The number of hydrogen-bond acceptors (Lipinski definition) is 2. The van der Waals surface area contributed by atoms with Crippen LogP contribution in [0.15, 0.2) is 30.3 Å². The molecule has 0 radical (unpaired) electrons. The summed E-state index contributed by atoms with van der Waals surface area (Å²) in [6.07, 6.45) is 1.01. The maximum atomic E-state index is 11.3. The Morgan fingerprint density at radius 3 is 2.12 bits per heavy atom. The van der Waals surface area contributed by atoms with E-state index in [-0.39, 0.29) is 0 Å². The maximum absolute atomic E-state index is 11.3. The fourth-order valence-corrected chi connectivity index (χ4v) is 1.95. The van der Waals surface area contributed by atoms with Gasteiger partial charge in [0, 0.05) is 0 Å². The van der Waals surface area contributed by atoms with Crippen LogP contribution in [0.4, 0.5) is 0 Å². The van der Waals surface area contributed by atoms with E-state index in [9.17, 15) is 14.7 Å². The first-order valence-corrected chi connectivity index (χ1v) is 5.58. The molecule has 0 unspecified atom stereocenters. The van der Waals surface area contributed by atoms with Crippen molar-refractivity contribution in [3.63, 3.8) is 0 Å². The maximum Gasteiger partial charge on any atom is 0.311 e. The molecule has 17 heavy (non-hydrogen) atoms. The van der Waals surface area contributed by atoms with Gasteiger partial charge in [-0.1, -0.05) is 43.7 Å². The van der Waals surface area contributed by atoms with Crippen LogP contribution in [-0.4, -0.2) is 22.2 Å². The summed E-state index contributed by atoms with van der Waals surface area (Å²) < 4.78 is 0. The highest BCUT2D eigenvalue weighted by atomic mass is 16.4. The van der Waals surface area contributed by atoms with Gasteiger partial charge in [-0.25, -0.2) is 0 Å².